The van der Waals surface area contributed by atoms with E-state index >= 15 is 4.39 Å². The SMILES string of the molecule is COCc1cc(C(=O)Nc2cc([C@@H]3C[C@H](F)[C@H](OC(=O)NC45CC(C4)C5)C3)nn2COC(=O)CC(C)(C)c2c(C)cc(C)cc2OP(=O)(O)O)n(C)n1. The molecule has 3 aromatic rings. The van der Waals surface area contributed by atoms with Crippen molar-refractivity contribution in [2.24, 2.45) is 13.0 Å². The summed E-state index contributed by atoms with van der Waals surface area (Å²) in [6, 6.07) is 6.47. The Labute approximate surface area is 305 Å². The number of aromatic nitrogens is 4. The highest BCUT2D eigenvalue weighted by Gasteiger charge is 2.58. The fourth-order valence-corrected chi connectivity index (χ4v) is 8.33. The van der Waals surface area contributed by atoms with Crippen LogP contribution in [0.1, 0.15) is 96.9 Å². The molecule has 2 bridgehead atoms. The Kier molecular flexibility index (Phi) is 10.5. The molecule has 2 amide bonds. The zero-order chi connectivity index (χ0) is 38.5. The second kappa shape index (κ2) is 14.5. The Hall–Kier alpha value is -4.31. The van der Waals surface area contributed by atoms with E-state index in [-0.39, 0.29) is 48.7 Å². The predicted molar refractivity (Wildman–Crippen MR) is 187 cm³/mol. The number of methoxy groups -OCH3 is 1. The fraction of sp³-hybridized carbons (Fsp3) is 0.571. The largest absolute Gasteiger partial charge is 0.524 e. The molecule has 16 nitrogen and oxygen atoms in total. The van der Waals surface area contributed by atoms with Crippen LogP contribution in [-0.2, 0) is 49.4 Å². The minimum Gasteiger partial charge on any atom is -0.443 e. The number of anilines is 1. The van der Waals surface area contributed by atoms with E-state index in [2.05, 4.69) is 20.8 Å². The molecule has 4 N–H and O–H groups in total. The zero-order valence-electron chi connectivity index (χ0n) is 30.6. The molecule has 3 atom stereocenters. The first-order chi connectivity index (χ1) is 24.8. The normalized spacial score (nSPS) is 23.5. The molecule has 4 aliphatic carbocycles. The van der Waals surface area contributed by atoms with Crippen molar-refractivity contribution < 1.29 is 51.9 Å². The van der Waals surface area contributed by atoms with Crippen molar-refractivity contribution in [3.63, 3.8) is 0 Å². The Morgan fingerprint density at radius 3 is 2.45 bits per heavy atom. The van der Waals surface area contributed by atoms with E-state index in [0.717, 1.165) is 19.3 Å². The topological polar surface area (TPSA) is 205 Å². The van der Waals surface area contributed by atoms with Crippen molar-refractivity contribution >= 4 is 31.6 Å². The highest BCUT2D eigenvalue weighted by molar-refractivity contribution is 7.46. The number of alkyl carbamates (subject to hydrolysis) is 1. The number of carbonyl (C=O) groups excluding carboxylic acids is 3. The van der Waals surface area contributed by atoms with E-state index in [1.807, 2.05) is 6.07 Å². The van der Waals surface area contributed by atoms with E-state index in [9.17, 15) is 28.7 Å². The van der Waals surface area contributed by atoms with Crippen molar-refractivity contribution in [2.75, 3.05) is 12.4 Å². The molecule has 2 heterocycles. The summed E-state index contributed by atoms with van der Waals surface area (Å²) in [7, 11) is -1.79. The first-order valence-corrected chi connectivity index (χ1v) is 18.9. The third-order valence-corrected chi connectivity index (χ3v) is 10.7. The number of hydrogen-bond acceptors (Lipinski definition) is 10. The summed E-state index contributed by atoms with van der Waals surface area (Å²) in [5, 5.41) is 14.6. The number of amides is 2. The van der Waals surface area contributed by atoms with Gasteiger partial charge in [0.25, 0.3) is 5.91 Å². The number of carbonyl (C=O) groups is 3. The van der Waals surface area contributed by atoms with Gasteiger partial charge in [0.2, 0.25) is 0 Å². The predicted octanol–water partition coefficient (Wildman–Crippen LogP) is 4.84. The standard InChI is InChI=1S/C35H46FN6O10P/c1-19-7-20(2)31(28(8-19)52-53(46,47)48)34(3,4)16-30(43)50-18-42-29(37-32(44)26-11-23(17-49-6)39-41(26)5)12-25(40-42)22-9-24(36)27(10-22)51-33(45)38-35-13-21(14-35)15-35/h7-8,11-12,21-22,24,27H,9-10,13-18H2,1-6H3,(H,37,44)(H,38,45)(H2,46,47,48)/t21?,22-,24+,27-,35?/m1/s1. The van der Waals surface area contributed by atoms with Crippen LogP contribution >= 0.6 is 7.82 Å². The van der Waals surface area contributed by atoms with E-state index in [1.165, 1.54) is 22.5 Å². The van der Waals surface area contributed by atoms with Gasteiger partial charge >= 0.3 is 19.9 Å². The van der Waals surface area contributed by atoms with Crippen LogP contribution in [0.2, 0.25) is 0 Å². The molecule has 53 heavy (non-hydrogen) atoms. The maximum Gasteiger partial charge on any atom is 0.524 e. The zero-order valence-corrected chi connectivity index (χ0v) is 31.4. The lowest BCUT2D eigenvalue weighted by molar-refractivity contribution is -0.149. The third-order valence-electron chi connectivity index (χ3n) is 10.3. The monoisotopic (exact) mass is 760 g/mol. The van der Waals surface area contributed by atoms with E-state index in [1.54, 1.807) is 46.9 Å². The van der Waals surface area contributed by atoms with Gasteiger partial charge in [0.15, 0.2) is 6.73 Å². The number of rotatable bonds is 14. The number of benzene rings is 1. The number of esters is 1. The number of aryl methyl sites for hydroxylation is 3. The summed E-state index contributed by atoms with van der Waals surface area (Å²) < 4.78 is 51.0. The number of halogens is 1. The maximum atomic E-state index is 15.2. The lowest BCUT2D eigenvalue weighted by atomic mass is 9.50. The molecule has 4 aliphatic rings. The van der Waals surface area contributed by atoms with Gasteiger partial charge in [-0.15, -0.1) is 0 Å². The van der Waals surface area contributed by atoms with E-state index in [4.69, 9.17) is 18.7 Å². The van der Waals surface area contributed by atoms with Crippen molar-refractivity contribution in [3.05, 3.63) is 58.0 Å². The van der Waals surface area contributed by atoms with Crippen LogP contribution in [-0.4, -0.2) is 72.2 Å². The Balaban J connectivity index is 1.18. The van der Waals surface area contributed by atoms with Gasteiger partial charge in [-0.3, -0.25) is 24.1 Å². The summed E-state index contributed by atoms with van der Waals surface area (Å²) in [5.74, 6) is -0.889. The second-order valence-corrected chi connectivity index (χ2v) is 16.4. The molecular formula is C35H46FN6O10P. The van der Waals surface area contributed by atoms with Crippen molar-refractivity contribution in [2.45, 2.75) is 109 Å². The van der Waals surface area contributed by atoms with Crippen LogP contribution < -0.4 is 15.2 Å². The van der Waals surface area contributed by atoms with Crippen LogP contribution in [0.3, 0.4) is 0 Å². The highest BCUT2D eigenvalue weighted by Crippen LogP contribution is 2.57. The first kappa shape index (κ1) is 38.4. The molecule has 0 aliphatic heterocycles. The van der Waals surface area contributed by atoms with Gasteiger partial charge in [0, 0.05) is 42.7 Å². The number of alkyl halides is 1. The van der Waals surface area contributed by atoms with Crippen molar-refractivity contribution in [1.82, 2.24) is 24.9 Å². The fourth-order valence-electron chi connectivity index (χ4n) is 7.93. The molecule has 0 unspecified atom stereocenters. The molecule has 4 saturated carbocycles. The van der Waals surface area contributed by atoms with E-state index < -0.39 is 56.1 Å². The molecule has 1 aromatic carbocycles. The molecule has 0 radical (unpaired) electrons. The number of nitrogens with zero attached hydrogens (tertiary/aromatic N) is 4. The molecule has 18 heteroatoms. The average Bonchev–Trinajstić information content (AvgIpc) is 3.68. The number of hydrogen-bond donors (Lipinski definition) is 4. The van der Waals surface area contributed by atoms with Crippen LogP contribution in [0.15, 0.2) is 24.3 Å². The summed E-state index contributed by atoms with van der Waals surface area (Å²) in [6.45, 7) is 6.73. The number of phosphoric ester groups is 1. The number of phosphoric acid groups is 1. The molecule has 4 fully saturated rings. The summed E-state index contributed by atoms with van der Waals surface area (Å²) in [5.41, 5.74) is 1.77. The molecule has 2 aromatic heterocycles. The molecule has 288 valence electrons. The third kappa shape index (κ3) is 8.58. The smallest absolute Gasteiger partial charge is 0.443 e. The van der Waals surface area contributed by atoms with Gasteiger partial charge in [-0.25, -0.2) is 18.4 Å². The Morgan fingerprint density at radius 1 is 1.09 bits per heavy atom. The first-order valence-electron chi connectivity index (χ1n) is 17.4. The summed E-state index contributed by atoms with van der Waals surface area (Å²) >= 11 is 0. The number of nitrogens with one attached hydrogen (secondary N) is 2. The van der Waals surface area contributed by atoms with Gasteiger partial charge in [-0.05, 0) is 75.1 Å². The van der Waals surface area contributed by atoms with Crippen LogP contribution in [0, 0.1) is 19.8 Å². The second-order valence-electron chi connectivity index (χ2n) is 15.2. The van der Waals surface area contributed by atoms with Crippen molar-refractivity contribution in [3.8, 4) is 5.75 Å². The minimum atomic E-state index is -4.91. The Bertz CT molecular complexity index is 1940. The van der Waals surface area contributed by atoms with Gasteiger partial charge < -0.3 is 29.4 Å². The molecule has 7 rings (SSSR count). The van der Waals surface area contributed by atoms with E-state index in [0.29, 0.717) is 34.0 Å². The van der Waals surface area contributed by atoms with Crippen LogP contribution in [0.4, 0.5) is 15.0 Å². The Morgan fingerprint density at radius 2 is 1.81 bits per heavy atom. The highest BCUT2D eigenvalue weighted by atomic mass is 31.2. The van der Waals surface area contributed by atoms with Crippen LogP contribution in [0.5, 0.6) is 5.75 Å². The summed E-state index contributed by atoms with van der Waals surface area (Å²) in [4.78, 5) is 58.4. The quantitative estimate of drug-likeness (QED) is 0.129. The molecule has 0 saturated heterocycles. The lowest BCUT2D eigenvalue weighted by Gasteiger charge is -2.61. The number of ether oxygens (including phenoxy) is 3. The molecular weight excluding hydrogens is 714 g/mol. The van der Waals surface area contributed by atoms with Gasteiger partial charge in [0.1, 0.15) is 29.5 Å². The maximum absolute atomic E-state index is 15.2. The van der Waals surface area contributed by atoms with Gasteiger partial charge in [-0.2, -0.15) is 10.2 Å². The van der Waals surface area contributed by atoms with Crippen LogP contribution in [0.25, 0.3) is 0 Å². The summed E-state index contributed by atoms with van der Waals surface area (Å²) in [6.07, 6.45) is -0.285. The van der Waals surface area contributed by atoms with Gasteiger partial charge in [0.05, 0.1) is 24.4 Å². The van der Waals surface area contributed by atoms with Gasteiger partial charge in [-0.1, -0.05) is 19.9 Å². The minimum absolute atomic E-state index is 0.0283. The average molecular weight is 761 g/mol. The molecule has 0 spiro atoms. The lowest BCUT2D eigenvalue weighted by Crippen LogP contribution is -2.68. The van der Waals surface area contributed by atoms with Crippen molar-refractivity contribution in [1.29, 1.82) is 0 Å².